The number of rotatable bonds is 4. The number of carbonyl (C=O) groups excluding carboxylic acids is 1. The van der Waals surface area contributed by atoms with Crippen LogP contribution < -0.4 is 5.56 Å². The molecular formula is C20H17FN2O2. The molecule has 0 aliphatic heterocycles. The highest BCUT2D eigenvalue weighted by Gasteiger charge is 2.17. The minimum absolute atomic E-state index is 0.0682. The molecule has 0 spiro atoms. The Morgan fingerprint density at radius 1 is 1.12 bits per heavy atom. The van der Waals surface area contributed by atoms with Crippen LogP contribution in [0.5, 0.6) is 0 Å². The van der Waals surface area contributed by atoms with E-state index in [1.807, 2.05) is 13.8 Å². The van der Waals surface area contributed by atoms with Gasteiger partial charge in [0.2, 0.25) is 5.56 Å². The van der Waals surface area contributed by atoms with Crippen LogP contribution in [0.3, 0.4) is 0 Å². The lowest BCUT2D eigenvalue weighted by Crippen LogP contribution is -2.08. The molecule has 4 nitrogen and oxygen atoms in total. The molecule has 0 aliphatic rings. The molecule has 3 rings (SSSR count). The number of benzene rings is 1. The first kappa shape index (κ1) is 16.8. The molecule has 0 radical (unpaired) electrons. The third-order valence-corrected chi connectivity index (χ3v) is 3.97. The van der Waals surface area contributed by atoms with Crippen LogP contribution in [0.1, 0.15) is 31.0 Å². The maximum absolute atomic E-state index is 13.4. The number of pyridine rings is 2. The summed E-state index contributed by atoms with van der Waals surface area (Å²) >= 11 is 0. The van der Waals surface area contributed by atoms with Crippen molar-refractivity contribution in [2.24, 2.45) is 0 Å². The number of allylic oxidation sites excluding steroid dienone is 1. The fourth-order valence-corrected chi connectivity index (χ4v) is 2.88. The van der Waals surface area contributed by atoms with Crippen molar-refractivity contribution >= 4 is 23.4 Å². The van der Waals surface area contributed by atoms with Crippen LogP contribution >= 0.6 is 0 Å². The summed E-state index contributed by atoms with van der Waals surface area (Å²) in [6.07, 6.45) is 3.82. The maximum Gasteiger partial charge on any atom is 0.249 e. The lowest BCUT2D eigenvalue weighted by molar-refractivity contribution is -0.104. The molecular weight excluding hydrogens is 319 g/mol. The quantitative estimate of drug-likeness (QED) is 0.577. The Hall–Kier alpha value is -3.08. The lowest BCUT2D eigenvalue weighted by atomic mass is 9.91. The van der Waals surface area contributed by atoms with Gasteiger partial charge >= 0.3 is 0 Å². The van der Waals surface area contributed by atoms with Crippen LogP contribution in [-0.2, 0) is 4.79 Å². The van der Waals surface area contributed by atoms with Gasteiger partial charge in [-0.1, -0.05) is 26.0 Å². The van der Waals surface area contributed by atoms with Crippen LogP contribution in [0.2, 0.25) is 0 Å². The van der Waals surface area contributed by atoms with E-state index in [2.05, 4.69) is 9.97 Å². The minimum atomic E-state index is -0.329. The van der Waals surface area contributed by atoms with E-state index < -0.39 is 0 Å². The summed E-state index contributed by atoms with van der Waals surface area (Å²) in [5, 5.41) is 0.737. The molecule has 5 heteroatoms. The SMILES string of the molecule is CC(C)c1nc2[nH]c(=O)ccc2c(-c2ccc(F)cc2)c1C=CC=O. The topological polar surface area (TPSA) is 62.8 Å². The summed E-state index contributed by atoms with van der Waals surface area (Å²) < 4.78 is 13.4. The monoisotopic (exact) mass is 336 g/mol. The maximum atomic E-state index is 13.4. The van der Waals surface area contributed by atoms with Gasteiger partial charge < -0.3 is 4.98 Å². The lowest BCUT2D eigenvalue weighted by Gasteiger charge is -2.17. The summed E-state index contributed by atoms with van der Waals surface area (Å²) in [5.41, 5.74) is 3.37. The Bertz CT molecular complexity index is 1020. The zero-order valence-electron chi connectivity index (χ0n) is 13.9. The number of aromatic amines is 1. The summed E-state index contributed by atoms with van der Waals surface area (Å²) in [6, 6.07) is 9.25. The predicted octanol–water partition coefficient (Wildman–Crippen LogP) is 4.06. The van der Waals surface area contributed by atoms with E-state index in [-0.39, 0.29) is 17.3 Å². The van der Waals surface area contributed by atoms with Crippen molar-refractivity contribution in [3.63, 3.8) is 0 Å². The van der Waals surface area contributed by atoms with Gasteiger partial charge in [-0.15, -0.1) is 0 Å². The highest BCUT2D eigenvalue weighted by molar-refractivity contribution is 5.98. The summed E-state index contributed by atoms with van der Waals surface area (Å²) in [7, 11) is 0. The second kappa shape index (κ2) is 6.81. The molecule has 3 aromatic rings. The number of fused-ring (bicyclic) bond motifs is 1. The van der Waals surface area contributed by atoms with E-state index in [4.69, 9.17) is 0 Å². The summed E-state index contributed by atoms with van der Waals surface area (Å²) in [5.74, 6) is -0.261. The van der Waals surface area contributed by atoms with E-state index >= 15 is 0 Å². The zero-order chi connectivity index (χ0) is 18.0. The van der Waals surface area contributed by atoms with Crippen molar-refractivity contribution in [2.75, 3.05) is 0 Å². The van der Waals surface area contributed by atoms with Gasteiger partial charge in [-0.2, -0.15) is 0 Å². The number of nitrogens with zero attached hydrogens (tertiary/aromatic N) is 1. The predicted molar refractivity (Wildman–Crippen MR) is 96.9 cm³/mol. The summed E-state index contributed by atoms with van der Waals surface area (Å²) in [6.45, 7) is 3.98. The van der Waals surface area contributed by atoms with Crippen molar-refractivity contribution in [1.82, 2.24) is 9.97 Å². The number of aldehydes is 1. The van der Waals surface area contributed by atoms with Crippen LogP contribution in [0.15, 0.2) is 47.3 Å². The number of hydrogen-bond acceptors (Lipinski definition) is 3. The average molecular weight is 336 g/mol. The number of carbonyl (C=O) groups is 1. The number of hydrogen-bond donors (Lipinski definition) is 1. The smallest absolute Gasteiger partial charge is 0.249 e. The van der Waals surface area contributed by atoms with Crippen LogP contribution in [-0.4, -0.2) is 16.3 Å². The number of H-pyrrole nitrogens is 1. The van der Waals surface area contributed by atoms with E-state index in [0.29, 0.717) is 11.9 Å². The van der Waals surface area contributed by atoms with Gasteiger partial charge in [0.15, 0.2) is 0 Å². The normalized spacial score (nSPS) is 11.5. The van der Waals surface area contributed by atoms with Crippen LogP contribution in [0, 0.1) is 5.82 Å². The van der Waals surface area contributed by atoms with Gasteiger partial charge in [-0.05, 0) is 41.8 Å². The van der Waals surface area contributed by atoms with Gasteiger partial charge in [0.25, 0.3) is 0 Å². The Balaban J connectivity index is 2.47. The molecule has 0 aliphatic carbocycles. The molecule has 0 saturated carbocycles. The van der Waals surface area contributed by atoms with Crippen molar-refractivity contribution in [2.45, 2.75) is 19.8 Å². The third kappa shape index (κ3) is 3.26. The number of halogens is 1. The van der Waals surface area contributed by atoms with Gasteiger partial charge in [0, 0.05) is 22.6 Å². The van der Waals surface area contributed by atoms with E-state index in [9.17, 15) is 14.0 Å². The molecule has 2 heterocycles. The van der Waals surface area contributed by atoms with Crippen LogP contribution in [0.25, 0.3) is 28.2 Å². The zero-order valence-corrected chi connectivity index (χ0v) is 13.9. The Morgan fingerprint density at radius 2 is 1.84 bits per heavy atom. The van der Waals surface area contributed by atoms with E-state index in [0.717, 1.165) is 27.8 Å². The molecule has 1 N–H and O–H groups in total. The Kier molecular flexibility index (Phi) is 4.57. The Labute approximate surface area is 144 Å². The molecule has 0 atom stereocenters. The minimum Gasteiger partial charge on any atom is -0.307 e. The highest BCUT2D eigenvalue weighted by atomic mass is 19.1. The van der Waals surface area contributed by atoms with E-state index in [1.165, 1.54) is 24.3 Å². The fraction of sp³-hybridized carbons (Fsp3) is 0.150. The van der Waals surface area contributed by atoms with Crippen molar-refractivity contribution in [3.05, 3.63) is 69.9 Å². The first-order valence-electron chi connectivity index (χ1n) is 7.96. The summed E-state index contributed by atoms with van der Waals surface area (Å²) in [4.78, 5) is 29.9. The van der Waals surface area contributed by atoms with Gasteiger partial charge in [0.1, 0.15) is 17.8 Å². The molecule has 0 amide bonds. The molecule has 0 fully saturated rings. The number of aromatic nitrogens is 2. The highest BCUT2D eigenvalue weighted by Crippen LogP contribution is 2.35. The molecule has 25 heavy (non-hydrogen) atoms. The van der Waals surface area contributed by atoms with Crippen LogP contribution in [0.4, 0.5) is 4.39 Å². The largest absolute Gasteiger partial charge is 0.307 e. The van der Waals surface area contributed by atoms with Crippen molar-refractivity contribution in [3.8, 4) is 11.1 Å². The molecule has 2 aromatic heterocycles. The first-order chi connectivity index (χ1) is 12.0. The van der Waals surface area contributed by atoms with Crippen molar-refractivity contribution < 1.29 is 9.18 Å². The van der Waals surface area contributed by atoms with E-state index in [1.54, 1.807) is 24.3 Å². The Morgan fingerprint density at radius 3 is 2.48 bits per heavy atom. The molecule has 1 aromatic carbocycles. The second-order valence-corrected chi connectivity index (χ2v) is 6.03. The number of nitrogens with one attached hydrogen (secondary N) is 1. The standard InChI is InChI=1S/C20H17FN2O2/c1-12(2)19-15(4-3-11-24)18(13-5-7-14(21)8-6-13)16-9-10-17(25)22-20(16)23-19/h3-12H,1-2H3,(H,22,23,25). The molecule has 126 valence electrons. The second-order valence-electron chi connectivity index (χ2n) is 6.03. The first-order valence-corrected chi connectivity index (χ1v) is 7.96. The average Bonchev–Trinajstić information content (AvgIpc) is 2.59. The molecule has 0 saturated heterocycles. The van der Waals surface area contributed by atoms with Gasteiger partial charge in [0.05, 0.1) is 5.69 Å². The van der Waals surface area contributed by atoms with Gasteiger partial charge in [-0.25, -0.2) is 9.37 Å². The molecule has 0 bridgehead atoms. The van der Waals surface area contributed by atoms with Gasteiger partial charge in [-0.3, -0.25) is 9.59 Å². The van der Waals surface area contributed by atoms with Crippen molar-refractivity contribution in [1.29, 1.82) is 0 Å². The third-order valence-electron chi connectivity index (χ3n) is 3.97. The fourth-order valence-electron chi connectivity index (χ4n) is 2.88. The molecule has 0 unspecified atom stereocenters.